The molecule has 0 atom stereocenters. The van der Waals surface area contributed by atoms with Crippen LogP contribution in [-0.2, 0) is 6.42 Å². The van der Waals surface area contributed by atoms with E-state index in [1.54, 1.807) is 24.3 Å². The first-order valence-corrected chi connectivity index (χ1v) is 7.24. The van der Waals surface area contributed by atoms with Gasteiger partial charge in [-0.2, -0.15) is 0 Å². The molecule has 0 aromatic heterocycles. The molecule has 0 unspecified atom stereocenters. The topological polar surface area (TPSA) is 55.1 Å². The van der Waals surface area contributed by atoms with Crippen LogP contribution in [-0.4, -0.2) is 12.5 Å². The molecule has 0 aliphatic rings. The lowest BCUT2D eigenvalue weighted by Gasteiger charge is -2.08. The van der Waals surface area contributed by atoms with Crippen molar-refractivity contribution in [3.05, 3.63) is 63.6 Å². The lowest BCUT2D eigenvalue weighted by atomic mass is 10.1. The summed E-state index contributed by atoms with van der Waals surface area (Å²) >= 11 is 3.46. The van der Waals surface area contributed by atoms with Crippen molar-refractivity contribution in [1.82, 2.24) is 5.32 Å². The number of nitrogens with one attached hydrogen (secondary N) is 1. The molecular weight excluding hydrogens is 316 g/mol. The molecule has 0 heterocycles. The van der Waals surface area contributed by atoms with Crippen molar-refractivity contribution in [3.63, 3.8) is 0 Å². The molecule has 3 N–H and O–H groups in total. The molecule has 0 fully saturated rings. The average Bonchev–Trinajstić information content (AvgIpc) is 2.43. The summed E-state index contributed by atoms with van der Waals surface area (Å²) in [5.41, 5.74) is 9.35. The highest BCUT2D eigenvalue weighted by molar-refractivity contribution is 9.10. The Morgan fingerprint density at radius 1 is 1.20 bits per heavy atom. The molecule has 104 valence electrons. The van der Waals surface area contributed by atoms with E-state index >= 15 is 0 Å². The Kier molecular flexibility index (Phi) is 4.79. The first-order valence-electron chi connectivity index (χ1n) is 6.45. The van der Waals surface area contributed by atoms with Crippen LogP contribution in [0, 0.1) is 6.92 Å². The van der Waals surface area contributed by atoms with Crippen LogP contribution >= 0.6 is 15.9 Å². The molecular formula is C16H17BrN2O. The van der Waals surface area contributed by atoms with Gasteiger partial charge in [0.25, 0.3) is 5.91 Å². The molecule has 0 bridgehead atoms. The second-order valence-electron chi connectivity index (χ2n) is 4.70. The van der Waals surface area contributed by atoms with Crippen LogP contribution in [0.2, 0.25) is 0 Å². The molecule has 0 saturated heterocycles. The summed E-state index contributed by atoms with van der Waals surface area (Å²) in [5.74, 6) is -0.0716. The Bertz CT molecular complexity index is 608. The lowest BCUT2D eigenvalue weighted by molar-refractivity contribution is 0.0954. The maximum Gasteiger partial charge on any atom is 0.251 e. The Labute approximate surface area is 127 Å². The number of nitrogens with two attached hydrogens (primary N) is 1. The number of carbonyl (C=O) groups is 1. The number of amides is 1. The van der Waals surface area contributed by atoms with E-state index < -0.39 is 0 Å². The molecule has 2 rings (SSSR count). The number of halogens is 1. The maximum absolute atomic E-state index is 11.9. The predicted octanol–water partition coefficient (Wildman–Crippen LogP) is 3.31. The van der Waals surface area contributed by atoms with Crippen LogP contribution < -0.4 is 11.1 Å². The normalized spacial score (nSPS) is 10.3. The van der Waals surface area contributed by atoms with Crippen LogP contribution in [0.25, 0.3) is 0 Å². The van der Waals surface area contributed by atoms with Gasteiger partial charge in [0.2, 0.25) is 0 Å². The summed E-state index contributed by atoms with van der Waals surface area (Å²) in [7, 11) is 0. The minimum atomic E-state index is -0.0716. The smallest absolute Gasteiger partial charge is 0.251 e. The van der Waals surface area contributed by atoms with Gasteiger partial charge in [0.15, 0.2) is 0 Å². The second-order valence-corrected chi connectivity index (χ2v) is 5.61. The van der Waals surface area contributed by atoms with Gasteiger partial charge in [-0.05, 0) is 60.9 Å². The van der Waals surface area contributed by atoms with Gasteiger partial charge in [-0.25, -0.2) is 0 Å². The minimum Gasteiger partial charge on any atom is -0.399 e. The second kappa shape index (κ2) is 6.57. The minimum absolute atomic E-state index is 0.0716. The quantitative estimate of drug-likeness (QED) is 0.844. The van der Waals surface area contributed by atoms with E-state index in [1.807, 2.05) is 6.07 Å². The molecule has 20 heavy (non-hydrogen) atoms. The van der Waals surface area contributed by atoms with E-state index in [2.05, 4.69) is 40.3 Å². The number of anilines is 1. The summed E-state index contributed by atoms with van der Waals surface area (Å²) in [5, 5.41) is 2.92. The Balaban J connectivity index is 1.91. The number of aryl methyl sites for hydroxylation is 1. The van der Waals surface area contributed by atoms with Crippen LogP contribution in [0.4, 0.5) is 5.69 Å². The van der Waals surface area contributed by atoms with Crippen molar-refractivity contribution in [2.75, 3.05) is 12.3 Å². The van der Waals surface area contributed by atoms with Crippen molar-refractivity contribution in [3.8, 4) is 0 Å². The Hall–Kier alpha value is -1.81. The van der Waals surface area contributed by atoms with Crippen LogP contribution in [0.15, 0.2) is 46.9 Å². The van der Waals surface area contributed by atoms with Gasteiger partial charge in [-0.15, -0.1) is 0 Å². The van der Waals surface area contributed by atoms with Gasteiger partial charge >= 0.3 is 0 Å². The van der Waals surface area contributed by atoms with Gasteiger partial charge in [-0.3, -0.25) is 4.79 Å². The molecule has 0 spiro atoms. The summed E-state index contributed by atoms with van der Waals surface area (Å²) in [6.45, 7) is 2.68. The van der Waals surface area contributed by atoms with E-state index in [1.165, 1.54) is 11.1 Å². The highest BCUT2D eigenvalue weighted by atomic mass is 79.9. The fourth-order valence-corrected chi connectivity index (χ4v) is 2.37. The number of carbonyl (C=O) groups excluding carboxylic acids is 1. The number of nitrogen functional groups attached to an aromatic ring is 1. The average molecular weight is 333 g/mol. The van der Waals surface area contributed by atoms with E-state index in [4.69, 9.17) is 5.73 Å². The lowest BCUT2D eigenvalue weighted by Crippen LogP contribution is -2.25. The number of rotatable bonds is 4. The van der Waals surface area contributed by atoms with Crippen molar-refractivity contribution in [2.45, 2.75) is 13.3 Å². The molecule has 1 amide bonds. The Morgan fingerprint density at radius 2 is 1.90 bits per heavy atom. The molecule has 0 saturated carbocycles. The molecule has 2 aromatic carbocycles. The third-order valence-electron chi connectivity index (χ3n) is 3.16. The van der Waals surface area contributed by atoms with Crippen LogP contribution in [0.1, 0.15) is 21.5 Å². The van der Waals surface area contributed by atoms with Gasteiger partial charge in [-0.1, -0.05) is 22.0 Å². The van der Waals surface area contributed by atoms with Gasteiger partial charge < -0.3 is 11.1 Å². The van der Waals surface area contributed by atoms with Gasteiger partial charge in [0, 0.05) is 22.3 Å². The van der Waals surface area contributed by atoms with E-state index in [0.717, 1.165) is 10.9 Å². The fourth-order valence-electron chi connectivity index (χ4n) is 1.96. The highest BCUT2D eigenvalue weighted by Gasteiger charge is 2.05. The summed E-state index contributed by atoms with van der Waals surface area (Å²) < 4.78 is 1.06. The SMILES string of the molecule is Cc1ccc(Br)cc1CCNC(=O)c1ccc(N)cc1. The molecule has 0 aliphatic carbocycles. The summed E-state index contributed by atoms with van der Waals surface area (Å²) in [6.07, 6.45) is 0.811. The standard InChI is InChI=1S/C16H17BrN2O/c1-11-2-5-14(17)10-13(11)8-9-19-16(20)12-3-6-15(18)7-4-12/h2-7,10H,8-9,18H2,1H3,(H,19,20). The zero-order valence-electron chi connectivity index (χ0n) is 11.3. The molecule has 0 radical (unpaired) electrons. The van der Waals surface area contributed by atoms with Gasteiger partial charge in [0.05, 0.1) is 0 Å². The Morgan fingerprint density at radius 3 is 2.60 bits per heavy atom. The maximum atomic E-state index is 11.9. The fraction of sp³-hybridized carbons (Fsp3) is 0.188. The number of hydrogen-bond acceptors (Lipinski definition) is 2. The van der Waals surface area contributed by atoms with Crippen molar-refractivity contribution in [1.29, 1.82) is 0 Å². The third kappa shape index (κ3) is 3.84. The van der Waals surface area contributed by atoms with Crippen LogP contribution in [0.3, 0.4) is 0 Å². The number of hydrogen-bond donors (Lipinski definition) is 2. The predicted molar refractivity (Wildman–Crippen MR) is 85.8 cm³/mol. The number of benzene rings is 2. The molecule has 2 aromatic rings. The molecule has 4 heteroatoms. The van der Waals surface area contributed by atoms with E-state index in [-0.39, 0.29) is 5.91 Å². The largest absolute Gasteiger partial charge is 0.399 e. The van der Waals surface area contributed by atoms with Crippen molar-refractivity contribution >= 4 is 27.5 Å². The first kappa shape index (κ1) is 14.6. The van der Waals surface area contributed by atoms with E-state index in [0.29, 0.717) is 17.8 Å². The first-order chi connectivity index (χ1) is 9.56. The van der Waals surface area contributed by atoms with Gasteiger partial charge in [0.1, 0.15) is 0 Å². The zero-order chi connectivity index (χ0) is 14.5. The summed E-state index contributed by atoms with van der Waals surface area (Å²) in [4.78, 5) is 11.9. The monoisotopic (exact) mass is 332 g/mol. The highest BCUT2D eigenvalue weighted by Crippen LogP contribution is 2.16. The van der Waals surface area contributed by atoms with Crippen molar-refractivity contribution in [2.24, 2.45) is 0 Å². The zero-order valence-corrected chi connectivity index (χ0v) is 12.9. The third-order valence-corrected chi connectivity index (χ3v) is 3.66. The molecule has 0 aliphatic heterocycles. The summed E-state index contributed by atoms with van der Waals surface area (Å²) in [6, 6.07) is 13.1. The van der Waals surface area contributed by atoms with Crippen LogP contribution in [0.5, 0.6) is 0 Å². The molecule has 3 nitrogen and oxygen atoms in total. The van der Waals surface area contributed by atoms with Crippen molar-refractivity contribution < 1.29 is 4.79 Å². The van der Waals surface area contributed by atoms with E-state index in [9.17, 15) is 4.79 Å².